The van der Waals surface area contributed by atoms with Crippen molar-refractivity contribution in [2.24, 2.45) is 34.5 Å². The minimum Gasteiger partial charge on any atom is -0.393 e. The van der Waals surface area contributed by atoms with Crippen LogP contribution in [0.2, 0.25) is 0 Å². The van der Waals surface area contributed by atoms with Gasteiger partial charge in [-0.15, -0.1) is 0 Å². The number of fused-ring (bicyclic) bond motifs is 5. The number of aromatic nitrogens is 1. The third-order valence-corrected chi connectivity index (χ3v) is 9.27. The molecule has 7 atom stereocenters. The van der Waals surface area contributed by atoms with Crippen LogP contribution in [0.1, 0.15) is 71.3 Å². The molecule has 0 amide bonds. The number of rotatable bonds is 2. The zero-order valence-corrected chi connectivity index (χ0v) is 17.7. The Morgan fingerprint density at radius 3 is 2.71 bits per heavy atom. The van der Waals surface area contributed by atoms with E-state index in [1.807, 2.05) is 6.20 Å². The fraction of sp³-hybridized carbons (Fsp3) is 0.654. The Hall–Kier alpha value is -1.41. The molecule has 0 aliphatic heterocycles. The van der Waals surface area contributed by atoms with Gasteiger partial charge < -0.3 is 5.11 Å². The lowest BCUT2D eigenvalue weighted by Crippen LogP contribution is -2.52. The van der Waals surface area contributed by atoms with Gasteiger partial charge in [0.1, 0.15) is 0 Å². The highest BCUT2D eigenvalue weighted by Gasteiger charge is 2.58. The maximum absolute atomic E-state index is 10.3. The van der Waals surface area contributed by atoms with Gasteiger partial charge in [0.2, 0.25) is 0 Å². The van der Waals surface area contributed by atoms with Crippen molar-refractivity contribution in [1.29, 1.82) is 0 Å². The SMILES string of the molecule is CCC1C=C2CC(O)CC[C@]2(C)[C@@H]2CC[C@]3(C)C(c4cccnc4)=CC[C@H]3[C@H]12. The normalized spacial score (nSPS) is 44.8. The topological polar surface area (TPSA) is 33.1 Å². The Morgan fingerprint density at radius 1 is 1.14 bits per heavy atom. The second-order valence-corrected chi connectivity index (χ2v) is 10.4. The predicted molar refractivity (Wildman–Crippen MR) is 114 cm³/mol. The standard InChI is InChI=1S/C26H35NO/c1-4-17-14-19-15-20(28)9-11-25(19,2)23-10-12-26(3)21(7-8-22(26)24(17)23)18-6-5-13-27-16-18/h5-7,13-14,16-17,20,22-24,28H,4,8-12,15H2,1-3H3/t17?,20?,22-,23+,24-,25-,26+/m0/s1. The molecular weight excluding hydrogens is 342 g/mol. The van der Waals surface area contributed by atoms with Gasteiger partial charge in [0.05, 0.1) is 6.10 Å². The fourth-order valence-electron chi connectivity index (χ4n) is 7.74. The molecule has 0 spiro atoms. The van der Waals surface area contributed by atoms with Gasteiger partial charge >= 0.3 is 0 Å². The lowest BCUT2D eigenvalue weighted by molar-refractivity contribution is -0.0464. The first-order chi connectivity index (χ1) is 13.5. The molecule has 0 saturated heterocycles. The summed E-state index contributed by atoms with van der Waals surface area (Å²) in [5.74, 6) is 2.97. The van der Waals surface area contributed by atoms with Crippen molar-refractivity contribution in [2.45, 2.75) is 71.8 Å². The molecule has 150 valence electrons. The van der Waals surface area contributed by atoms with E-state index >= 15 is 0 Å². The maximum atomic E-state index is 10.3. The predicted octanol–water partition coefficient (Wildman–Crippen LogP) is 6.03. The van der Waals surface area contributed by atoms with Crippen molar-refractivity contribution < 1.29 is 5.11 Å². The van der Waals surface area contributed by atoms with Crippen LogP contribution in [0.15, 0.2) is 42.3 Å². The number of nitrogens with zero attached hydrogens (tertiary/aromatic N) is 1. The molecule has 2 fully saturated rings. The van der Waals surface area contributed by atoms with E-state index in [-0.39, 0.29) is 11.5 Å². The summed E-state index contributed by atoms with van der Waals surface area (Å²) in [5.41, 5.74) is 5.07. The van der Waals surface area contributed by atoms with Crippen molar-refractivity contribution >= 4 is 5.57 Å². The van der Waals surface area contributed by atoms with Crippen LogP contribution in [0.5, 0.6) is 0 Å². The fourth-order valence-corrected chi connectivity index (χ4v) is 7.74. The average Bonchev–Trinajstić information content (AvgIpc) is 3.06. The zero-order chi connectivity index (χ0) is 19.5. The molecule has 1 aromatic rings. The van der Waals surface area contributed by atoms with Crippen molar-refractivity contribution in [3.05, 3.63) is 47.8 Å². The highest BCUT2D eigenvalue weighted by Crippen LogP contribution is 2.67. The summed E-state index contributed by atoms with van der Waals surface area (Å²) in [6.07, 6.45) is 17.1. The van der Waals surface area contributed by atoms with Gasteiger partial charge in [-0.05, 0) is 96.7 Å². The van der Waals surface area contributed by atoms with E-state index < -0.39 is 0 Å². The molecule has 2 saturated carbocycles. The molecule has 28 heavy (non-hydrogen) atoms. The van der Waals surface area contributed by atoms with Crippen LogP contribution < -0.4 is 0 Å². The molecule has 5 rings (SSSR count). The molecular formula is C26H35NO. The number of hydrogen-bond acceptors (Lipinski definition) is 2. The van der Waals surface area contributed by atoms with Gasteiger partial charge in [-0.25, -0.2) is 0 Å². The highest BCUT2D eigenvalue weighted by molar-refractivity contribution is 5.72. The number of aliphatic hydroxyl groups is 1. The minimum atomic E-state index is -0.118. The molecule has 0 aromatic carbocycles. The number of pyridine rings is 1. The van der Waals surface area contributed by atoms with Gasteiger partial charge in [-0.3, -0.25) is 4.98 Å². The number of aliphatic hydroxyl groups excluding tert-OH is 1. The lowest BCUT2D eigenvalue weighted by atomic mass is 9.45. The van der Waals surface area contributed by atoms with Gasteiger partial charge in [0.25, 0.3) is 0 Å². The Balaban J connectivity index is 1.53. The third kappa shape index (κ3) is 2.53. The molecule has 0 radical (unpaired) electrons. The summed E-state index contributed by atoms with van der Waals surface area (Å²) in [6.45, 7) is 7.44. The first-order valence-electron chi connectivity index (χ1n) is 11.5. The number of allylic oxidation sites excluding steroid dienone is 3. The van der Waals surface area contributed by atoms with E-state index in [9.17, 15) is 5.11 Å². The van der Waals surface area contributed by atoms with E-state index in [1.165, 1.54) is 37.7 Å². The zero-order valence-electron chi connectivity index (χ0n) is 17.7. The Kier molecular flexibility index (Phi) is 4.36. The summed E-state index contributed by atoms with van der Waals surface area (Å²) in [7, 11) is 0. The van der Waals surface area contributed by atoms with Crippen LogP contribution in [-0.4, -0.2) is 16.2 Å². The Morgan fingerprint density at radius 2 is 1.96 bits per heavy atom. The van der Waals surface area contributed by atoms with Crippen molar-refractivity contribution in [1.82, 2.24) is 4.98 Å². The van der Waals surface area contributed by atoms with Gasteiger partial charge in [-0.2, -0.15) is 0 Å². The third-order valence-electron chi connectivity index (χ3n) is 9.27. The molecule has 2 unspecified atom stereocenters. The maximum Gasteiger partial charge on any atom is 0.0577 e. The van der Waals surface area contributed by atoms with Crippen LogP contribution in [0.4, 0.5) is 0 Å². The lowest BCUT2D eigenvalue weighted by Gasteiger charge is -2.60. The smallest absolute Gasteiger partial charge is 0.0577 e. The summed E-state index contributed by atoms with van der Waals surface area (Å²) >= 11 is 0. The Bertz CT molecular complexity index is 811. The molecule has 0 bridgehead atoms. The van der Waals surface area contributed by atoms with Gasteiger partial charge in [-0.1, -0.05) is 44.6 Å². The quantitative estimate of drug-likeness (QED) is 0.638. The van der Waals surface area contributed by atoms with Gasteiger partial charge in [0, 0.05) is 12.4 Å². The molecule has 2 nitrogen and oxygen atoms in total. The minimum absolute atomic E-state index is 0.118. The number of hydrogen-bond donors (Lipinski definition) is 1. The monoisotopic (exact) mass is 377 g/mol. The van der Waals surface area contributed by atoms with Crippen LogP contribution in [-0.2, 0) is 0 Å². The largest absolute Gasteiger partial charge is 0.393 e. The molecule has 4 aliphatic carbocycles. The van der Waals surface area contributed by atoms with E-state index in [4.69, 9.17) is 0 Å². The first-order valence-corrected chi connectivity index (χ1v) is 11.5. The highest BCUT2D eigenvalue weighted by atomic mass is 16.3. The first kappa shape index (κ1) is 18.6. The molecule has 1 aromatic heterocycles. The molecule has 2 heteroatoms. The van der Waals surface area contributed by atoms with Crippen molar-refractivity contribution in [2.75, 3.05) is 0 Å². The molecule has 1 heterocycles. The summed E-state index contributed by atoms with van der Waals surface area (Å²) in [6, 6.07) is 4.33. The van der Waals surface area contributed by atoms with Crippen LogP contribution in [0.25, 0.3) is 5.57 Å². The Labute approximate surface area is 170 Å². The average molecular weight is 378 g/mol. The van der Waals surface area contributed by atoms with Crippen LogP contribution in [0.3, 0.4) is 0 Å². The van der Waals surface area contributed by atoms with E-state index in [2.05, 4.69) is 56.2 Å². The van der Waals surface area contributed by atoms with E-state index in [0.29, 0.717) is 11.3 Å². The van der Waals surface area contributed by atoms with E-state index in [0.717, 1.165) is 30.6 Å². The summed E-state index contributed by atoms with van der Waals surface area (Å²) in [5, 5.41) is 10.3. The van der Waals surface area contributed by atoms with Crippen LogP contribution in [0, 0.1) is 34.5 Å². The second-order valence-electron chi connectivity index (χ2n) is 10.4. The van der Waals surface area contributed by atoms with Crippen LogP contribution >= 0.6 is 0 Å². The van der Waals surface area contributed by atoms with Crippen molar-refractivity contribution in [3.8, 4) is 0 Å². The van der Waals surface area contributed by atoms with Crippen molar-refractivity contribution in [3.63, 3.8) is 0 Å². The van der Waals surface area contributed by atoms with Gasteiger partial charge in [0.15, 0.2) is 0 Å². The molecule has 4 aliphatic rings. The second kappa shape index (κ2) is 6.55. The molecule has 1 N–H and O–H groups in total. The summed E-state index contributed by atoms with van der Waals surface area (Å²) in [4.78, 5) is 4.41. The van der Waals surface area contributed by atoms with E-state index in [1.54, 1.807) is 11.1 Å². The summed E-state index contributed by atoms with van der Waals surface area (Å²) < 4.78 is 0.